The summed E-state index contributed by atoms with van der Waals surface area (Å²) in [6.45, 7) is 6.11. The molecule has 1 fully saturated rings. The average molecular weight is 366 g/mol. The number of sulfonamides is 1. The molecule has 1 aliphatic heterocycles. The Morgan fingerprint density at radius 1 is 1.42 bits per heavy atom. The molecule has 0 aliphatic carbocycles. The molecule has 0 bridgehead atoms. The quantitative estimate of drug-likeness (QED) is 0.855. The molecule has 1 aromatic heterocycles. The van der Waals surface area contributed by atoms with E-state index >= 15 is 0 Å². The second-order valence-corrected chi connectivity index (χ2v) is 8.83. The lowest BCUT2D eigenvalue weighted by Crippen LogP contribution is -2.42. The molecule has 3 rings (SSSR count). The van der Waals surface area contributed by atoms with Crippen molar-refractivity contribution in [1.29, 1.82) is 0 Å². The van der Waals surface area contributed by atoms with Crippen LogP contribution >= 0.6 is 11.3 Å². The first-order valence-corrected chi connectivity index (χ1v) is 10.6. The standard InChI is InChI=1S/C17H23N3O2S2/c1-3-9-20(15-7-8-18-11-15)24(21,22)16-6-4-5-14(10-16)17-19-13(2)12-23-17/h4-6,10,12,15,18H,3,7-9,11H2,1-2H3. The number of nitrogens with zero attached hydrogens (tertiary/aromatic N) is 2. The Labute approximate surface area is 147 Å². The van der Waals surface area contributed by atoms with Gasteiger partial charge in [-0.15, -0.1) is 11.3 Å². The van der Waals surface area contributed by atoms with Gasteiger partial charge in [0, 0.05) is 35.8 Å². The predicted octanol–water partition coefficient (Wildman–Crippen LogP) is 2.88. The molecule has 1 atom stereocenters. The van der Waals surface area contributed by atoms with Crippen LogP contribution in [0.3, 0.4) is 0 Å². The third kappa shape index (κ3) is 3.54. The summed E-state index contributed by atoms with van der Waals surface area (Å²) in [5.74, 6) is 0. The maximum atomic E-state index is 13.2. The molecule has 0 spiro atoms. The van der Waals surface area contributed by atoms with E-state index in [1.165, 1.54) is 11.3 Å². The van der Waals surface area contributed by atoms with Gasteiger partial charge < -0.3 is 5.32 Å². The van der Waals surface area contributed by atoms with Gasteiger partial charge in [0.15, 0.2) is 0 Å². The Balaban J connectivity index is 1.96. The van der Waals surface area contributed by atoms with Crippen molar-refractivity contribution in [1.82, 2.24) is 14.6 Å². The summed E-state index contributed by atoms with van der Waals surface area (Å²) in [7, 11) is -3.50. The third-order valence-electron chi connectivity index (χ3n) is 4.19. The zero-order valence-electron chi connectivity index (χ0n) is 14.0. The molecule has 2 heterocycles. The number of benzene rings is 1. The van der Waals surface area contributed by atoms with E-state index in [0.717, 1.165) is 42.2 Å². The van der Waals surface area contributed by atoms with Gasteiger partial charge in [-0.1, -0.05) is 19.1 Å². The number of hydrogen-bond donors (Lipinski definition) is 1. The van der Waals surface area contributed by atoms with Crippen molar-refractivity contribution in [3.05, 3.63) is 35.3 Å². The van der Waals surface area contributed by atoms with Crippen molar-refractivity contribution >= 4 is 21.4 Å². The highest BCUT2D eigenvalue weighted by molar-refractivity contribution is 7.89. The van der Waals surface area contributed by atoms with Crippen molar-refractivity contribution in [2.45, 2.75) is 37.6 Å². The van der Waals surface area contributed by atoms with E-state index in [0.29, 0.717) is 11.4 Å². The van der Waals surface area contributed by atoms with Crippen LogP contribution in [0, 0.1) is 6.92 Å². The van der Waals surface area contributed by atoms with Crippen LogP contribution in [0.4, 0.5) is 0 Å². The van der Waals surface area contributed by atoms with Gasteiger partial charge in [0.05, 0.1) is 4.90 Å². The molecular formula is C17H23N3O2S2. The molecule has 24 heavy (non-hydrogen) atoms. The SMILES string of the molecule is CCCN(C1CCNC1)S(=O)(=O)c1cccc(-c2nc(C)cs2)c1. The van der Waals surface area contributed by atoms with Gasteiger partial charge >= 0.3 is 0 Å². The lowest BCUT2D eigenvalue weighted by atomic mass is 10.2. The summed E-state index contributed by atoms with van der Waals surface area (Å²) in [6.07, 6.45) is 1.67. The van der Waals surface area contributed by atoms with Gasteiger partial charge in [0.1, 0.15) is 5.01 Å². The second-order valence-electron chi connectivity index (χ2n) is 6.08. The first-order chi connectivity index (χ1) is 11.5. The van der Waals surface area contributed by atoms with Crippen LogP contribution in [-0.4, -0.2) is 43.4 Å². The molecule has 1 aromatic carbocycles. The van der Waals surface area contributed by atoms with Crippen LogP contribution in [-0.2, 0) is 10.0 Å². The van der Waals surface area contributed by atoms with E-state index in [9.17, 15) is 8.42 Å². The molecule has 0 saturated carbocycles. The molecule has 1 aliphatic rings. The van der Waals surface area contributed by atoms with Gasteiger partial charge in [-0.3, -0.25) is 0 Å². The Morgan fingerprint density at radius 2 is 2.25 bits per heavy atom. The fourth-order valence-electron chi connectivity index (χ4n) is 3.02. The topological polar surface area (TPSA) is 62.3 Å². The smallest absolute Gasteiger partial charge is 0.243 e. The van der Waals surface area contributed by atoms with Crippen LogP contribution in [0.25, 0.3) is 10.6 Å². The summed E-state index contributed by atoms with van der Waals surface area (Å²) < 4.78 is 28.0. The first-order valence-electron chi connectivity index (χ1n) is 8.27. The van der Waals surface area contributed by atoms with E-state index in [4.69, 9.17) is 0 Å². The number of aromatic nitrogens is 1. The fraction of sp³-hybridized carbons (Fsp3) is 0.471. The highest BCUT2D eigenvalue weighted by atomic mass is 32.2. The van der Waals surface area contributed by atoms with E-state index < -0.39 is 10.0 Å². The minimum atomic E-state index is -3.50. The fourth-order valence-corrected chi connectivity index (χ4v) is 5.60. The molecule has 130 valence electrons. The molecule has 1 unspecified atom stereocenters. The van der Waals surface area contributed by atoms with Crippen LogP contribution in [0.2, 0.25) is 0 Å². The zero-order chi connectivity index (χ0) is 17.2. The largest absolute Gasteiger partial charge is 0.315 e. The van der Waals surface area contributed by atoms with Gasteiger partial charge in [0.25, 0.3) is 0 Å². The number of aryl methyl sites for hydroxylation is 1. The average Bonchev–Trinajstić information content (AvgIpc) is 3.24. The molecule has 0 amide bonds. The van der Waals surface area contributed by atoms with Crippen molar-refractivity contribution in [3.8, 4) is 10.6 Å². The summed E-state index contributed by atoms with van der Waals surface area (Å²) in [6, 6.07) is 7.19. The number of thiazole rings is 1. The van der Waals surface area contributed by atoms with Crippen molar-refractivity contribution < 1.29 is 8.42 Å². The maximum absolute atomic E-state index is 13.2. The minimum absolute atomic E-state index is 0.0423. The Bertz CT molecular complexity index is 796. The Hall–Kier alpha value is -1.28. The highest BCUT2D eigenvalue weighted by Gasteiger charge is 2.32. The Kier molecular flexibility index (Phi) is 5.34. The monoisotopic (exact) mass is 365 g/mol. The normalized spacial score (nSPS) is 18.4. The summed E-state index contributed by atoms with van der Waals surface area (Å²) in [5.41, 5.74) is 1.81. The molecule has 2 aromatic rings. The molecule has 5 nitrogen and oxygen atoms in total. The minimum Gasteiger partial charge on any atom is -0.315 e. The van der Waals surface area contributed by atoms with E-state index in [-0.39, 0.29) is 6.04 Å². The zero-order valence-corrected chi connectivity index (χ0v) is 15.7. The second kappa shape index (κ2) is 7.31. The lowest BCUT2D eigenvalue weighted by molar-refractivity contribution is 0.335. The summed E-state index contributed by atoms with van der Waals surface area (Å²) >= 11 is 1.54. The molecule has 1 saturated heterocycles. The maximum Gasteiger partial charge on any atom is 0.243 e. The van der Waals surface area contributed by atoms with Gasteiger partial charge in [0.2, 0.25) is 10.0 Å². The van der Waals surface area contributed by atoms with Gasteiger partial charge in [-0.05, 0) is 38.4 Å². The molecular weight excluding hydrogens is 342 g/mol. The van der Waals surface area contributed by atoms with Crippen LogP contribution in [0.15, 0.2) is 34.5 Å². The van der Waals surface area contributed by atoms with Crippen molar-refractivity contribution in [3.63, 3.8) is 0 Å². The van der Waals surface area contributed by atoms with E-state index in [2.05, 4.69) is 10.3 Å². The van der Waals surface area contributed by atoms with Gasteiger partial charge in [-0.25, -0.2) is 13.4 Å². The lowest BCUT2D eigenvalue weighted by Gasteiger charge is -2.27. The molecule has 7 heteroatoms. The van der Waals surface area contributed by atoms with Crippen molar-refractivity contribution in [2.24, 2.45) is 0 Å². The van der Waals surface area contributed by atoms with E-state index in [1.807, 2.05) is 25.3 Å². The number of rotatable bonds is 6. The Morgan fingerprint density at radius 3 is 2.88 bits per heavy atom. The van der Waals surface area contributed by atoms with Crippen LogP contribution < -0.4 is 5.32 Å². The number of hydrogen-bond acceptors (Lipinski definition) is 5. The molecule has 0 radical (unpaired) electrons. The van der Waals surface area contributed by atoms with E-state index in [1.54, 1.807) is 22.5 Å². The predicted molar refractivity (Wildman–Crippen MR) is 97.7 cm³/mol. The molecule has 1 N–H and O–H groups in total. The third-order valence-corrected chi connectivity index (χ3v) is 7.15. The number of nitrogens with one attached hydrogen (secondary N) is 1. The van der Waals surface area contributed by atoms with Crippen LogP contribution in [0.5, 0.6) is 0 Å². The van der Waals surface area contributed by atoms with Crippen LogP contribution in [0.1, 0.15) is 25.5 Å². The summed E-state index contributed by atoms with van der Waals surface area (Å²) in [5, 5.41) is 6.09. The summed E-state index contributed by atoms with van der Waals surface area (Å²) in [4.78, 5) is 4.82. The highest BCUT2D eigenvalue weighted by Crippen LogP contribution is 2.28. The van der Waals surface area contributed by atoms with Crippen molar-refractivity contribution in [2.75, 3.05) is 19.6 Å². The van der Waals surface area contributed by atoms with Gasteiger partial charge in [-0.2, -0.15) is 4.31 Å². The first kappa shape index (κ1) is 17.5.